The number of aromatic nitrogens is 1. The van der Waals surface area contributed by atoms with Crippen molar-refractivity contribution in [3.63, 3.8) is 0 Å². The van der Waals surface area contributed by atoms with Gasteiger partial charge in [0.05, 0.1) is 37.6 Å². The fraction of sp³-hybridized carbons (Fsp3) is 0.0435. The average Bonchev–Trinajstić information content (AvgIpc) is 3.23. The van der Waals surface area contributed by atoms with Crippen molar-refractivity contribution in [1.82, 2.24) is 4.98 Å². The zero-order chi connectivity index (χ0) is 21.8. The van der Waals surface area contributed by atoms with E-state index in [1.807, 2.05) is 18.2 Å². The van der Waals surface area contributed by atoms with Crippen LogP contribution in [0, 0.1) is 11.3 Å². The third-order valence-electron chi connectivity index (χ3n) is 4.37. The number of benzene rings is 2. The van der Waals surface area contributed by atoms with Gasteiger partial charge in [-0.15, -0.1) is 11.3 Å². The summed E-state index contributed by atoms with van der Waals surface area (Å²) in [6.07, 6.45) is 0. The maximum absolute atomic E-state index is 12.8. The molecule has 1 N–H and O–H groups in total. The van der Waals surface area contributed by atoms with E-state index in [4.69, 9.17) is 21.6 Å². The van der Waals surface area contributed by atoms with E-state index >= 15 is 0 Å². The minimum absolute atomic E-state index is 0.310. The summed E-state index contributed by atoms with van der Waals surface area (Å²) >= 11 is 7.39. The molecule has 1 amide bonds. The number of nitrogens with one attached hydrogen (secondary N) is 1. The zero-order valence-corrected chi connectivity index (χ0v) is 17.5. The fourth-order valence-electron chi connectivity index (χ4n) is 2.99. The highest BCUT2D eigenvalue weighted by molar-refractivity contribution is 7.19. The number of amides is 1. The van der Waals surface area contributed by atoms with Gasteiger partial charge in [-0.2, -0.15) is 5.26 Å². The third-order valence-corrected chi connectivity index (χ3v) is 5.63. The first kappa shape index (κ1) is 20.5. The van der Waals surface area contributed by atoms with Crippen LogP contribution in [0.25, 0.3) is 21.5 Å². The lowest BCUT2D eigenvalue weighted by Gasteiger charge is -2.10. The molecule has 0 unspecified atom stereocenters. The van der Waals surface area contributed by atoms with Crippen LogP contribution in [0.4, 0.5) is 5.69 Å². The monoisotopic (exact) mass is 447 g/mol. The van der Waals surface area contributed by atoms with Crippen molar-refractivity contribution in [2.75, 3.05) is 11.9 Å². The van der Waals surface area contributed by atoms with Crippen molar-refractivity contribution in [1.29, 1.82) is 5.26 Å². The molecule has 2 heterocycles. The lowest BCUT2D eigenvalue weighted by molar-refractivity contribution is -0.119. The number of carbonyl (C=O) groups is 2. The van der Waals surface area contributed by atoms with E-state index in [2.05, 4.69) is 10.3 Å². The van der Waals surface area contributed by atoms with E-state index in [1.165, 1.54) is 17.4 Å². The molecule has 0 saturated heterocycles. The Hall–Kier alpha value is -3.73. The van der Waals surface area contributed by atoms with Crippen LogP contribution in [0.2, 0.25) is 4.34 Å². The molecule has 0 aliphatic heterocycles. The number of nitrogens with zero attached hydrogens (tertiary/aromatic N) is 2. The summed E-state index contributed by atoms with van der Waals surface area (Å²) < 4.78 is 5.87. The molecule has 2 aromatic heterocycles. The lowest BCUT2D eigenvalue weighted by atomic mass is 10.1. The van der Waals surface area contributed by atoms with Gasteiger partial charge < -0.3 is 10.1 Å². The summed E-state index contributed by atoms with van der Waals surface area (Å²) in [5.41, 5.74) is 2.41. The van der Waals surface area contributed by atoms with Gasteiger partial charge in [-0.25, -0.2) is 9.78 Å². The highest BCUT2D eigenvalue weighted by Crippen LogP contribution is 2.32. The molecule has 31 heavy (non-hydrogen) atoms. The summed E-state index contributed by atoms with van der Waals surface area (Å²) in [4.78, 5) is 30.4. The Labute approximate surface area is 186 Å². The van der Waals surface area contributed by atoms with Crippen LogP contribution in [-0.4, -0.2) is 23.5 Å². The molecule has 4 rings (SSSR count). The number of anilines is 1. The highest BCUT2D eigenvalue weighted by Gasteiger charge is 2.17. The Morgan fingerprint density at radius 1 is 1.10 bits per heavy atom. The Balaban J connectivity index is 1.54. The second kappa shape index (κ2) is 8.96. The number of rotatable bonds is 5. The molecule has 8 heteroatoms. The average molecular weight is 448 g/mol. The van der Waals surface area contributed by atoms with Gasteiger partial charge in [-0.3, -0.25) is 4.79 Å². The van der Waals surface area contributed by atoms with E-state index in [1.54, 1.807) is 48.5 Å². The Kier molecular flexibility index (Phi) is 5.94. The molecule has 0 radical (unpaired) electrons. The number of hydrogen-bond acceptors (Lipinski definition) is 6. The molecule has 152 valence electrons. The zero-order valence-electron chi connectivity index (χ0n) is 16.0. The molecular weight excluding hydrogens is 434 g/mol. The lowest BCUT2D eigenvalue weighted by Crippen LogP contribution is -2.21. The van der Waals surface area contributed by atoms with Crippen LogP contribution in [-0.2, 0) is 9.53 Å². The smallest absolute Gasteiger partial charge is 0.339 e. The summed E-state index contributed by atoms with van der Waals surface area (Å²) in [5, 5.41) is 12.2. The second-order valence-electron chi connectivity index (χ2n) is 6.49. The summed E-state index contributed by atoms with van der Waals surface area (Å²) in [6, 6.07) is 20.9. The van der Waals surface area contributed by atoms with Crippen LogP contribution in [0.5, 0.6) is 0 Å². The molecule has 0 saturated carbocycles. The van der Waals surface area contributed by atoms with Gasteiger partial charge in [0.15, 0.2) is 6.61 Å². The first-order valence-electron chi connectivity index (χ1n) is 9.16. The number of pyridine rings is 1. The minimum atomic E-state index is -0.636. The number of ether oxygens (including phenoxy) is 1. The van der Waals surface area contributed by atoms with Crippen LogP contribution < -0.4 is 5.32 Å². The maximum atomic E-state index is 12.8. The Morgan fingerprint density at radius 2 is 1.94 bits per heavy atom. The predicted octanol–water partition coefficient (Wildman–Crippen LogP) is 5.28. The van der Waals surface area contributed by atoms with Gasteiger partial charge >= 0.3 is 5.97 Å². The first-order valence-corrected chi connectivity index (χ1v) is 10.4. The van der Waals surface area contributed by atoms with E-state index in [9.17, 15) is 9.59 Å². The number of nitriles is 1. The van der Waals surface area contributed by atoms with Crippen LogP contribution in [0.15, 0.2) is 66.7 Å². The number of fused-ring (bicyclic) bond motifs is 1. The van der Waals surface area contributed by atoms with Crippen LogP contribution in [0.1, 0.15) is 15.9 Å². The first-order chi connectivity index (χ1) is 15.0. The van der Waals surface area contributed by atoms with Crippen LogP contribution >= 0.6 is 22.9 Å². The van der Waals surface area contributed by atoms with Gasteiger partial charge in [-0.05, 0) is 42.5 Å². The number of para-hydroxylation sites is 1. The van der Waals surface area contributed by atoms with Crippen molar-refractivity contribution in [2.24, 2.45) is 0 Å². The van der Waals surface area contributed by atoms with E-state index in [-0.39, 0.29) is 0 Å². The topological polar surface area (TPSA) is 92.1 Å². The molecular formula is C23H14ClN3O3S. The minimum Gasteiger partial charge on any atom is -0.452 e. The van der Waals surface area contributed by atoms with Crippen molar-refractivity contribution in [3.8, 4) is 16.6 Å². The maximum Gasteiger partial charge on any atom is 0.339 e. The summed E-state index contributed by atoms with van der Waals surface area (Å²) in [5.74, 6) is -1.14. The van der Waals surface area contributed by atoms with E-state index in [0.717, 1.165) is 4.88 Å². The number of halogens is 1. The van der Waals surface area contributed by atoms with Crippen LogP contribution in [0.3, 0.4) is 0 Å². The standard InChI is InChI=1S/C23H14ClN3O3S/c24-21-9-8-20(31-21)19-11-17(16-6-1-2-7-18(16)27-19)23(29)30-13-22(28)26-15-5-3-4-14(10-15)12-25/h1-11H,13H2,(H,26,28). The van der Waals surface area contributed by atoms with Gasteiger partial charge in [0.2, 0.25) is 0 Å². The molecule has 0 aliphatic carbocycles. The second-order valence-corrected chi connectivity index (χ2v) is 8.21. The molecule has 0 aliphatic rings. The van der Waals surface area contributed by atoms with E-state index in [0.29, 0.717) is 37.7 Å². The van der Waals surface area contributed by atoms with Crippen molar-refractivity contribution in [3.05, 3.63) is 82.2 Å². The van der Waals surface area contributed by atoms with Crippen molar-refractivity contribution >= 4 is 51.4 Å². The molecule has 2 aromatic carbocycles. The SMILES string of the molecule is N#Cc1cccc(NC(=O)COC(=O)c2cc(-c3ccc(Cl)s3)nc3ccccc23)c1. The quantitative estimate of drug-likeness (QED) is 0.420. The number of thiophene rings is 1. The van der Waals surface area contributed by atoms with Gasteiger partial charge in [0.1, 0.15) is 0 Å². The summed E-state index contributed by atoms with van der Waals surface area (Å²) in [6.45, 7) is -0.466. The molecule has 6 nitrogen and oxygen atoms in total. The largest absolute Gasteiger partial charge is 0.452 e. The normalized spacial score (nSPS) is 10.5. The predicted molar refractivity (Wildman–Crippen MR) is 120 cm³/mol. The highest BCUT2D eigenvalue weighted by atomic mass is 35.5. The number of esters is 1. The Morgan fingerprint density at radius 3 is 2.71 bits per heavy atom. The third kappa shape index (κ3) is 4.72. The van der Waals surface area contributed by atoms with Gasteiger partial charge in [-0.1, -0.05) is 35.9 Å². The molecule has 0 spiro atoms. The number of hydrogen-bond donors (Lipinski definition) is 1. The fourth-order valence-corrected chi connectivity index (χ4v) is 4.00. The van der Waals surface area contributed by atoms with Crippen molar-refractivity contribution in [2.45, 2.75) is 0 Å². The molecule has 0 atom stereocenters. The molecule has 0 fully saturated rings. The van der Waals surface area contributed by atoms with E-state index < -0.39 is 18.5 Å². The molecule has 4 aromatic rings. The van der Waals surface area contributed by atoms with Gasteiger partial charge in [0.25, 0.3) is 5.91 Å². The summed E-state index contributed by atoms with van der Waals surface area (Å²) in [7, 11) is 0. The van der Waals surface area contributed by atoms with Crippen molar-refractivity contribution < 1.29 is 14.3 Å². The Bertz CT molecular complexity index is 1340. The number of carbonyl (C=O) groups excluding carboxylic acids is 2. The molecule has 0 bridgehead atoms. The van der Waals surface area contributed by atoms with Gasteiger partial charge in [0, 0.05) is 11.1 Å².